The molecule has 0 unspecified atom stereocenters. The van der Waals surface area contributed by atoms with Crippen molar-refractivity contribution in [3.8, 4) is 11.3 Å². The molecule has 1 amide bonds. The number of carbonyl (C=O) groups excluding carboxylic acids is 1. The van der Waals surface area contributed by atoms with Crippen molar-refractivity contribution in [1.82, 2.24) is 19.6 Å². The maximum atomic E-state index is 11.5. The van der Waals surface area contributed by atoms with Crippen molar-refractivity contribution in [2.45, 2.75) is 6.54 Å². The first kappa shape index (κ1) is 15.8. The molecule has 7 nitrogen and oxygen atoms in total. The summed E-state index contributed by atoms with van der Waals surface area (Å²) < 4.78 is 1.57. The zero-order valence-electron chi connectivity index (χ0n) is 13.8. The molecule has 0 aliphatic carbocycles. The predicted molar refractivity (Wildman–Crippen MR) is 97.3 cm³/mol. The van der Waals surface area contributed by atoms with E-state index in [0.29, 0.717) is 17.8 Å². The van der Waals surface area contributed by atoms with Crippen molar-refractivity contribution in [3.05, 3.63) is 78.4 Å². The van der Waals surface area contributed by atoms with Crippen molar-refractivity contribution in [2.24, 2.45) is 5.73 Å². The molecule has 3 N–H and O–H groups in total. The fourth-order valence-electron chi connectivity index (χ4n) is 2.73. The lowest BCUT2D eigenvalue weighted by Gasteiger charge is -2.09. The summed E-state index contributed by atoms with van der Waals surface area (Å²) in [5.74, 6) is -0.542. The Bertz CT molecular complexity index is 1060. The van der Waals surface area contributed by atoms with E-state index >= 15 is 0 Å². The summed E-state index contributed by atoms with van der Waals surface area (Å²) in [5, 5.41) is 7.41. The molecule has 0 aliphatic rings. The minimum atomic E-state index is -0.542. The number of fused-ring (bicyclic) bond motifs is 1. The second kappa shape index (κ2) is 6.64. The average Bonchev–Trinajstić information content (AvgIpc) is 3.16. The van der Waals surface area contributed by atoms with Gasteiger partial charge in [0.2, 0.25) is 6.33 Å². The van der Waals surface area contributed by atoms with E-state index in [-0.39, 0.29) is 0 Å². The van der Waals surface area contributed by atoms with Crippen LogP contribution in [0.15, 0.2) is 60.9 Å². The molecular weight excluding hydrogens is 328 g/mol. The number of hydrogen-bond acceptors (Lipinski definition) is 5. The van der Waals surface area contributed by atoms with Gasteiger partial charge in [-0.2, -0.15) is 0 Å². The van der Waals surface area contributed by atoms with E-state index in [9.17, 15) is 4.79 Å². The number of amides is 1. The van der Waals surface area contributed by atoms with E-state index in [2.05, 4.69) is 26.7 Å². The van der Waals surface area contributed by atoms with Gasteiger partial charge in [0.05, 0.1) is 16.9 Å². The highest BCUT2D eigenvalue weighted by Crippen LogP contribution is 2.22. The van der Waals surface area contributed by atoms with Crippen molar-refractivity contribution < 1.29 is 4.79 Å². The summed E-state index contributed by atoms with van der Waals surface area (Å²) in [7, 11) is 0. The molecule has 7 heteroatoms. The van der Waals surface area contributed by atoms with E-state index in [4.69, 9.17) is 5.73 Å². The molecule has 0 saturated heterocycles. The molecule has 0 aliphatic heterocycles. The molecule has 0 atom stereocenters. The van der Waals surface area contributed by atoms with E-state index < -0.39 is 5.91 Å². The molecule has 1 aromatic carbocycles. The summed E-state index contributed by atoms with van der Waals surface area (Å²) in [4.78, 5) is 19.6. The minimum Gasteiger partial charge on any atom is -0.380 e. The first-order valence-corrected chi connectivity index (χ1v) is 8.01. The highest BCUT2D eigenvalue weighted by molar-refractivity contribution is 5.99. The Morgan fingerprint density at radius 3 is 2.73 bits per heavy atom. The number of nitrogens with zero attached hydrogens (tertiary/aromatic N) is 4. The van der Waals surface area contributed by atoms with Crippen LogP contribution in [0.5, 0.6) is 0 Å². The lowest BCUT2D eigenvalue weighted by molar-refractivity contribution is 0.100. The standard InChI is InChI=1S/C19H15N6O/c20-18(26)16-7-8-17(25-19(16)23-12-24-25)14-5-3-13(4-6-14)10-22-15-2-1-9-21-11-15/h1-9,11,22H,10H2,(H2,20,26). The van der Waals surface area contributed by atoms with Crippen LogP contribution in [0, 0.1) is 6.33 Å². The maximum Gasteiger partial charge on any atom is 0.252 e. The van der Waals surface area contributed by atoms with Crippen LogP contribution in [0.3, 0.4) is 0 Å². The fraction of sp³-hybridized carbons (Fsp3) is 0.0526. The van der Waals surface area contributed by atoms with E-state index in [1.54, 1.807) is 29.0 Å². The molecule has 4 aromatic rings. The van der Waals surface area contributed by atoms with Gasteiger partial charge in [-0.3, -0.25) is 9.78 Å². The van der Waals surface area contributed by atoms with Crippen LogP contribution in [0.4, 0.5) is 5.69 Å². The van der Waals surface area contributed by atoms with E-state index in [0.717, 1.165) is 22.5 Å². The molecule has 0 spiro atoms. The summed E-state index contributed by atoms with van der Waals surface area (Å²) in [5.41, 5.74) is 9.97. The van der Waals surface area contributed by atoms with Crippen molar-refractivity contribution in [3.63, 3.8) is 0 Å². The molecule has 0 bridgehead atoms. The van der Waals surface area contributed by atoms with Gasteiger partial charge in [0.25, 0.3) is 5.91 Å². The number of hydrogen-bond donors (Lipinski definition) is 2. The highest BCUT2D eigenvalue weighted by atomic mass is 16.1. The van der Waals surface area contributed by atoms with Crippen molar-refractivity contribution >= 4 is 17.2 Å². The van der Waals surface area contributed by atoms with Crippen LogP contribution in [0.2, 0.25) is 0 Å². The quantitative estimate of drug-likeness (QED) is 0.579. The topological polar surface area (TPSA) is 98.2 Å². The Balaban J connectivity index is 1.59. The van der Waals surface area contributed by atoms with Crippen molar-refractivity contribution in [2.75, 3.05) is 5.32 Å². The number of carbonyl (C=O) groups is 1. The van der Waals surface area contributed by atoms with Crippen LogP contribution in [-0.4, -0.2) is 25.5 Å². The normalized spacial score (nSPS) is 10.8. The monoisotopic (exact) mass is 343 g/mol. The summed E-state index contributed by atoms with van der Waals surface area (Å²) in [6.07, 6.45) is 6.06. The predicted octanol–water partition coefficient (Wildman–Crippen LogP) is 2.30. The molecule has 4 rings (SSSR count). The van der Waals surface area contributed by atoms with Crippen LogP contribution in [-0.2, 0) is 6.54 Å². The molecule has 0 saturated carbocycles. The van der Waals surface area contributed by atoms with E-state index in [1.165, 1.54) is 0 Å². The number of primary amides is 1. The van der Waals surface area contributed by atoms with Gasteiger partial charge in [-0.1, -0.05) is 24.3 Å². The Morgan fingerprint density at radius 1 is 1.15 bits per heavy atom. The molecule has 0 fully saturated rings. The molecule has 3 heterocycles. The van der Waals surface area contributed by atoms with Gasteiger partial charge in [0.15, 0.2) is 5.65 Å². The number of benzene rings is 1. The lowest BCUT2D eigenvalue weighted by atomic mass is 10.1. The van der Waals surface area contributed by atoms with E-state index in [1.807, 2.05) is 36.4 Å². The van der Waals surface area contributed by atoms with Gasteiger partial charge in [0, 0.05) is 24.5 Å². The van der Waals surface area contributed by atoms with Crippen LogP contribution < -0.4 is 11.1 Å². The highest BCUT2D eigenvalue weighted by Gasteiger charge is 2.13. The fourth-order valence-corrected chi connectivity index (χ4v) is 2.73. The number of rotatable bonds is 5. The van der Waals surface area contributed by atoms with Crippen LogP contribution in [0.1, 0.15) is 15.9 Å². The molecule has 127 valence electrons. The average molecular weight is 343 g/mol. The first-order valence-electron chi connectivity index (χ1n) is 8.01. The SMILES string of the molecule is NC(=O)c1ccc(-c2ccc(CNc3cccnc3)cc2)n2n[c]nc12. The van der Waals surface area contributed by atoms with Crippen LogP contribution in [0.25, 0.3) is 16.9 Å². The third kappa shape index (κ3) is 2.98. The Morgan fingerprint density at radius 2 is 2.00 bits per heavy atom. The first-order chi connectivity index (χ1) is 12.7. The van der Waals surface area contributed by atoms with Gasteiger partial charge in [-0.25, -0.2) is 9.50 Å². The second-order valence-electron chi connectivity index (χ2n) is 5.74. The van der Waals surface area contributed by atoms with Gasteiger partial charge in [-0.05, 0) is 29.8 Å². The number of nitrogens with two attached hydrogens (primary N) is 1. The summed E-state index contributed by atoms with van der Waals surface area (Å²) in [6, 6.07) is 15.4. The van der Waals surface area contributed by atoms with Gasteiger partial charge < -0.3 is 11.1 Å². The second-order valence-corrected chi connectivity index (χ2v) is 5.74. The summed E-state index contributed by atoms with van der Waals surface area (Å²) >= 11 is 0. The number of pyridine rings is 2. The zero-order valence-corrected chi connectivity index (χ0v) is 13.8. The number of anilines is 1. The number of nitrogens with one attached hydrogen (secondary N) is 1. The van der Waals surface area contributed by atoms with Crippen LogP contribution >= 0.6 is 0 Å². The largest absolute Gasteiger partial charge is 0.380 e. The van der Waals surface area contributed by atoms with Crippen molar-refractivity contribution in [1.29, 1.82) is 0 Å². The number of aromatic nitrogens is 4. The van der Waals surface area contributed by atoms with Gasteiger partial charge in [0.1, 0.15) is 0 Å². The maximum absolute atomic E-state index is 11.5. The lowest BCUT2D eigenvalue weighted by Crippen LogP contribution is -2.13. The smallest absolute Gasteiger partial charge is 0.252 e. The van der Waals surface area contributed by atoms with Gasteiger partial charge in [-0.15, -0.1) is 5.10 Å². The molecule has 26 heavy (non-hydrogen) atoms. The third-order valence-electron chi connectivity index (χ3n) is 4.05. The zero-order chi connectivity index (χ0) is 17.9. The molecule has 1 radical (unpaired) electrons. The molecular formula is C19H15N6O. The Kier molecular flexibility index (Phi) is 4.03. The summed E-state index contributed by atoms with van der Waals surface area (Å²) in [6.45, 7) is 0.694. The molecule has 3 aromatic heterocycles. The minimum absolute atomic E-state index is 0.319. The Hall–Kier alpha value is -3.74. The van der Waals surface area contributed by atoms with Gasteiger partial charge >= 0.3 is 0 Å². The third-order valence-corrected chi connectivity index (χ3v) is 4.05. The Labute approximate surface area is 149 Å².